The zero-order chi connectivity index (χ0) is 16.1. The van der Waals surface area contributed by atoms with Crippen molar-refractivity contribution in [2.45, 2.75) is 0 Å². The van der Waals surface area contributed by atoms with E-state index in [0.717, 1.165) is 0 Å². The van der Waals surface area contributed by atoms with Crippen LogP contribution < -0.4 is 10.6 Å². The number of carbonyl (C=O) groups is 3. The molecule has 0 aromatic carbocycles. The van der Waals surface area contributed by atoms with E-state index in [1.165, 1.54) is 30.2 Å². The Hall–Kier alpha value is -3.10. The summed E-state index contributed by atoms with van der Waals surface area (Å²) in [7, 11) is 2.78. The van der Waals surface area contributed by atoms with Gasteiger partial charge in [-0.3, -0.25) is 19.1 Å². The van der Waals surface area contributed by atoms with Crippen LogP contribution in [0.1, 0.15) is 21.0 Å². The first-order valence-corrected chi connectivity index (χ1v) is 6.25. The van der Waals surface area contributed by atoms with E-state index in [4.69, 9.17) is 4.42 Å². The van der Waals surface area contributed by atoms with Gasteiger partial charge in [0.15, 0.2) is 11.5 Å². The molecule has 22 heavy (non-hydrogen) atoms. The van der Waals surface area contributed by atoms with E-state index in [9.17, 15) is 14.4 Å². The predicted octanol–water partition coefficient (Wildman–Crippen LogP) is 0.168. The summed E-state index contributed by atoms with van der Waals surface area (Å²) in [5.74, 6) is -1.15. The Labute approximate surface area is 125 Å². The summed E-state index contributed by atoms with van der Waals surface area (Å²) in [5, 5.41) is 8.87. The molecule has 2 N–H and O–H groups in total. The third kappa shape index (κ3) is 3.51. The number of ether oxygens (including phenoxy) is 1. The predicted molar refractivity (Wildman–Crippen MR) is 74.2 cm³/mol. The van der Waals surface area contributed by atoms with Gasteiger partial charge in [-0.05, 0) is 12.1 Å². The highest BCUT2D eigenvalue weighted by atomic mass is 16.5. The SMILES string of the molecule is COC(=O)CNC(=O)c1cc(NC(=O)c2ccco2)n(C)n1. The number of hydrogen-bond donors (Lipinski definition) is 2. The Balaban J connectivity index is 2.03. The average molecular weight is 306 g/mol. The molecule has 0 saturated heterocycles. The fourth-order valence-electron chi connectivity index (χ4n) is 1.60. The van der Waals surface area contributed by atoms with Gasteiger partial charge >= 0.3 is 5.97 Å². The standard InChI is InChI=1S/C13H14N4O5/c1-17-10(15-13(20)9-4-3-5-22-9)6-8(16-17)12(19)14-7-11(18)21-2/h3-6H,7H2,1-2H3,(H,14,19)(H,15,20). The average Bonchev–Trinajstić information content (AvgIpc) is 3.15. The lowest BCUT2D eigenvalue weighted by atomic mass is 10.3. The number of esters is 1. The topological polar surface area (TPSA) is 115 Å². The maximum Gasteiger partial charge on any atom is 0.325 e. The van der Waals surface area contributed by atoms with Crippen molar-refractivity contribution in [3.8, 4) is 0 Å². The third-order valence-corrected chi connectivity index (χ3v) is 2.72. The van der Waals surface area contributed by atoms with Crippen LogP contribution >= 0.6 is 0 Å². The number of nitrogens with zero attached hydrogens (tertiary/aromatic N) is 2. The third-order valence-electron chi connectivity index (χ3n) is 2.72. The molecule has 0 aliphatic heterocycles. The molecule has 9 heteroatoms. The maximum absolute atomic E-state index is 11.9. The highest BCUT2D eigenvalue weighted by Gasteiger charge is 2.16. The quantitative estimate of drug-likeness (QED) is 0.761. The van der Waals surface area contributed by atoms with Gasteiger partial charge in [0.1, 0.15) is 12.4 Å². The van der Waals surface area contributed by atoms with Crippen molar-refractivity contribution in [3.63, 3.8) is 0 Å². The molecule has 0 saturated carbocycles. The molecule has 2 aromatic heterocycles. The Bertz CT molecular complexity index is 689. The van der Waals surface area contributed by atoms with Crippen LogP contribution in [0, 0.1) is 0 Å². The summed E-state index contributed by atoms with van der Waals surface area (Å²) in [6.07, 6.45) is 1.38. The Morgan fingerprint density at radius 3 is 2.77 bits per heavy atom. The molecule has 0 aliphatic carbocycles. The first kappa shape index (κ1) is 15.3. The number of anilines is 1. The number of methoxy groups -OCH3 is 1. The van der Waals surface area contributed by atoms with Crippen LogP contribution in [0.4, 0.5) is 5.82 Å². The molecule has 0 atom stereocenters. The molecular formula is C13H14N4O5. The minimum Gasteiger partial charge on any atom is -0.468 e. The first-order valence-electron chi connectivity index (χ1n) is 6.25. The summed E-state index contributed by atoms with van der Waals surface area (Å²) in [6.45, 7) is -0.264. The van der Waals surface area contributed by atoms with Crippen molar-refractivity contribution in [1.29, 1.82) is 0 Å². The van der Waals surface area contributed by atoms with Gasteiger partial charge in [0.25, 0.3) is 11.8 Å². The highest BCUT2D eigenvalue weighted by molar-refractivity contribution is 6.02. The van der Waals surface area contributed by atoms with E-state index in [1.54, 1.807) is 13.1 Å². The van der Waals surface area contributed by atoms with Gasteiger partial charge < -0.3 is 19.8 Å². The van der Waals surface area contributed by atoms with Crippen LogP contribution in [0.3, 0.4) is 0 Å². The van der Waals surface area contributed by atoms with Gasteiger partial charge in [0, 0.05) is 13.1 Å². The van der Waals surface area contributed by atoms with Gasteiger partial charge in [-0.15, -0.1) is 0 Å². The van der Waals surface area contributed by atoms with Crippen molar-refractivity contribution < 1.29 is 23.5 Å². The van der Waals surface area contributed by atoms with E-state index in [-0.39, 0.29) is 18.0 Å². The Morgan fingerprint density at radius 1 is 1.36 bits per heavy atom. The van der Waals surface area contributed by atoms with Gasteiger partial charge in [-0.1, -0.05) is 0 Å². The fraction of sp³-hybridized carbons (Fsp3) is 0.231. The van der Waals surface area contributed by atoms with Crippen LogP contribution in [0.15, 0.2) is 28.9 Å². The number of aromatic nitrogens is 2. The number of amides is 2. The summed E-state index contributed by atoms with van der Waals surface area (Å²) in [5.41, 5.74) is 0.0566. The molecule has 0 radical (unpaired) electrons. The number of nitrogens with one attached hydrogen (secondary N) is 2. The second-order valence-electron chi connectivity index (χ2n) is 4.23. The summed E-state index contributed by atoms with van der Waals surface area (Å²) in [4.78, 5) is 34.6. The summed E-state index contributed by atoms with van der Waals surface area (Å²) < 4.78 is 10.7. The second-order valence-corrected chi connectivity index (χ2v) is 4.23. The summed E-state index contributed by atoms with van der Waals surface area (Å²) >= 11 is 0. The monoisotopic (exact) mass is 306 g/mol. The molecule has 116 valence electrons. The maximum atomic E-state index is 11.9. The molecule has 2 amide bonds. The highest BCUT2D eigenvalue weighted by Crippen LogP contribution is 2.11. The minimum absolute atomic E-state index is 0.0566. The zero-order valence-electron chi connectivity index (χ0n) is 12.0. The van der Waals surface area contributed by atoms with Gasteiger partial charge in [-0.25, -0.2) is 0 Å². The normalized spacial score (nSPS) is 10.1. The van der Waals surface area contributed by atoms with Gasteiger partial charge in [0.05, 0.1) is 13.4 Å². The lowest BCUT2D eigenvalue weighted by Crippen LogP contribution is -2.30. The largest absolute Gasteiger partial charge is 0.468 e. The molecule has 0 bridgehead atoms. The summed E-state index contributed by atoms with van der Waals surface area (Å²) in [6, 6.07) is 4.48. The Morgan fingerprint density at radius 2 is 2.14 bits per heavy atom. The number of hydrogen-bond acceptors (Lipinski definition) is 6. The molecule has 2 rings (SSSR count). The van der Waals surface area contributed by atoms with E-state index < -0.39 is 17.8 Å². The van der Waals surface area contributed by atoms with Crippen LogP contribution in [0.25, 0.3) is 0 Å². The van der Waals surface area contributed by atoms with Crippen molar-refractivity contribution in [1.82, 2.24) is 15.1 Å². The van der Waals surface area contributed by atoms with Crippen LogP contribution in [0.5, 0.6) is 0 Å². The molecule has 0 fully saturated rings. The zero-order valence-corrected chi connectivity index (χ0v) is 12.0. The molecule has 2 heterocycles. The molecule has 9 nitrogen and oxygen atoms in total. The number of rotatable bonds is 5. The number of carbonyl (C=O) groups excluding carboxylic acids is 3. The van der Waals surface area contributed by atoms with Crippen LogP contribution in [-0.2, 0) is 16.6 Å². The fourth-order valence-corrected chi connectivity index (χ4v) is 1.60. The van der Waals surface area contributed by atoms with E-state index in [2.05, 4.69) is 20.5 Å². The van der Waals surface area contributed by atoms with E-state index in [1.807, 2.05) is 0 Å². The minimum atomic E-state index is -0.573. The van der Waals surface area contributed by atoms with Crippen molar-refractivity contribution in [3.05, 3.63) is 35.9 Å². The van der Waals surface area contributed by atoms with Crippen molar-refractivity contribution in [2.24, 2.45) is 7.05 Å². The van der Waals surface area contributed by atoms with Crippen molar-refractivity contribution in [2.75, 3.05) is 19.0 Å². The second kappa shape index (κ2) is 6.57. The molecule has 0 unspecified atom stereocenters. The molecule has 2 aromatic rings. The lowest BCUT2D eigenvalue weighted by molar-refractivity contribution is -0.139. The molecular weight excluding hydrogens is 292 g/mol. The first-order chi connectivity index (χ1) is 10.5. The van der Waals surface area contributed by atoms with Crippen LogP contribution in [0.2, 0.25) is 0 Å². The van der Waals surface area contributed by atoms with Gasteiger partial charge in [-0.2, -0.15) is 5.10 Å². The van der Waals surface area contributed by atoms with E-state index >= 15 is 0 Å². The molecule has 0 aliphatic rings. The number of aryl methyl sites for hydroxylation is 1. The lowest BCUT2D eigenvalue weighted by Gasteiger charge is -2.01. The Kier molecular flexibility index (Phi) is 4.57. The van der Waals surface area contributed by atoms with Gasteiger partial charge in [0.2, 0.25) is 0 Å². The number of furan rings is 1. The smallest absolute Gasteiger partial charge is 0.325 e. The van der Waals surface area contributed by atoms with Crippen LogP contribution in [-0.4, -0.2) is 41.2 Å². The van der Waals surface area contributed by atoms with E-state index in [0.29, 0.717) is 5.82 Å². The molecule has 0 spiro atoms. The van der Waals surface area contributed by atoms with Crippen molar-refractivity contribution >= 4 is 23.6 Å².